The Morgan fingerprint density at radius 2 is 2.24 bits per heavy atom. The molecule has 4 heteroatoms. The zero-order valence-corrected chi connectivity index (χ0v) is 10.2. The van der Waals surface area contributed by atoms with Crippen LogP contribution in [-0.4, -0.2) is 19.9 Å². The average Bonchev–Trinajstić information content (AvgIpc) is 2.72. The molecule has 2 aromatic heterocycles. The van der Waals surface area contributed by atoms with Gasteiger partial charge >= 0.3 is 0 Å². The number of rotatable bonds is 4. The Hall–Kier alpha value is -1.68. The summed E-state index contributed by atoms with van der Waals surface area (Å²) in [7, 11) is 0. The molecule has 90 valence electrons. The average molecular weight is 231 g/mol. The summed E-state index contributed by atoms with van der Waals surface area (Å²) in [6.07, 6.45) is 5.41. The molecule has 0 bridgehead atoms. The van der Waals surface area contributed by atoms with Gasteiger partial charge in [-0.05, 0) is 31.0 Å². The van der Waals surface area contributed by atoms with Crippen molar-refractivity contribution in [2.24, 2.45) is 0 Å². The molecule has 0 unspecified atom stereocenters. The van der Waals surface area contributed by atoms with E-state index in [1.807, 2.05) is 23.7 Å². The van der Waals surface area contributed by atoms with Crippen LogP contribution < -0.4 is 0 Å². The van der Waals surface area contributed by atoms with Gasteiger partial charge in [0.25, 0.3) is 0 Å². The third kappa shape index (κ3) is 2.36. The summed E-state index contributed by atoms with van der Waals surface area (Å²) in [4.78, 5) is 4.32. The zero-order valence-electron chi connectivity index (χ0n) is 10.2. The Bertz CT molecular complexity index is 505. The normalized spacial score (nSPS) is 10.8. The number of aromatic nitrogens is 3. The third-order valence-corrected chi connectivity index (χ3v) is 2.73. The van der Waals surface area contributed by atoms with Crippen molar-refractivity contribution in [2.75, 3.05) is 0 Å². The third-order valence-electron chi connectivity index (χ3n) is 2.73. The second-order valence-corrected chi connectivity index (χ2v) is 4.13. The molecule has 0 amide bonds. The highest BCUT2D eigenvalue weighted by Gasteiger charge is 2.11. The number of aliphatic hydroxyl groups is 1. The molecule has 4 nitrogen and oxygen atoms in total. The molecular formula is C13H17N3O. The van der Waals surface area contributed by atoms with E-state index in [0.717, 1.165) is 35.5 Å². The molecule has 17 heavy (non-hydrogen) atoms. The Morgan fingerprint density at radius 3 is 2.88 bits per heavy atom. The van der Waals surface area contributed by atoms with E-state index in [1.54, 1.807) is 12.4 Å². The van der Waals surface area contributed by atoms with Gasteiger partial charge in [0.2, 0.25) is 0 Å². The van der Waals surface area contributed by atoms with E-state index in [9.17, 15) is 5.11 Å². The highest BCUT2D eigenvalue weighted by Crippen LogP contribution is 2.16. The zero-order chi connectivity index (χ0) is 12.3. The van der Waals surface area contributed by atoms with E-state index >= 15 is 0 Å². The van der Waals surface area contributed by atoms with Crippen molar-refractivity contribution in [2.45, 2.75) is 33.3 Å². The maximum absolute atomic E-state index is 9.29. The number of hydrogen-bond acceptors (Lipinski definition) is 3. The van der Waals surface area contributed by atoms with Crippen LogP contribution >= 0.6 is 0 Å². The molecule has 0 aliphatic rings. The van der Waals surface area contributed by atoms with Crippen LogP contribution in [0.25, 0.3) is 5.82 Å². The van der Waals surface area contributed by atoms with Crippen LogP contribution in [0.4, 0.5) is 0 Å². The van der Waals surface area contributed by atoms with E-state index in [4.69, 9.17) is 0 Å². The van der Waals surface area contributed by atoms with Crippen LogP contribution in [0.5, 0.6) is 0 Å². The maximum Gasteiger partial charge on any atom is 0.153 e. The molecular weight excluding hydrogens is 214 g/mol. The summed E-state index contributed by atoms with van der Waals surface area (Å²) in [6, 6.07) is 3.95. The molecule has 0 radical (unpaired) electrons. The van der Waals surface area contributed by atoms with Crippen molar-refractivity contribution in [3.8, 4) is 5.82 Å². The van der Waals surface area contributed by atoms with Crippen LogP contribution in [-0.2, 0) is 13.0 Å². The lowest BCUT2D eigenvalue weighted by Gasteiger charge is -2.07. The van der Waals surface area contributed by atoms with Crippen LogP contribution in [0.15, 0.2) is 24.5 Å². The molecule has 0 fully saturated rings. The summed E-state index contributed by atoms with van der Waals surface area (Å²) in [5.41, 5.74) is 3.08. The standard InChI is InChI=1S/C13H17N3O/c1-3-4-12-11(9-17)8-15-16(12)13-7-10(2)5-6-14-13/h5-8,17H,3-4,9H2,1-2H3. The summed E-state index contributed by atoms with van der Waals surface area (Å²) in [6.45, 7) is 4.17. The van der Waals surface area contributed by atoms with Gasteiger partial charge in [-0.15, -0.1) is 0 Å². The first-order chi connectivity index (χ1) is 8.26. The maximum atomic E-state index is 9.29. The first-order valence-corrected chi connectivity index (χ1v) is 5.86. The molecule has 2 rings (SSSR count). The number of aryl methyl sites for hydroxylation is 1. The fourth-order valence-electron chi connectivity index (χ4n) is 1.88. The quantitative estimate of drug-likeness (QED) is 0.875. The van der Waals surface area contributed by atoms with Crippen molar-refractivity contribution in [1.29, 1.82) is 0 Å². The largest absolute Gasteiger partial charge is 0.392 e. The molecule has 1 N–H and O–H groups in total. The van der Waals surface area contributed by atoms with E-state index in [0.29, 0.717) is 0 Å². The van der Waals surface area contributed by atoms with E-state index in [1.165, 1.54) is 0 Å². The van der Waals surface area contributed by atoms with Crippen LogP contribution in [0.3, 0.4) is 0 Å². The highest BCUT2D eigenvalue weighted by molar-refractivity contribution is 5.31. The molecule has 0 saturated carbocycles. The van der Waals surface area contributed by atoms with Gasteiger partial charge in [-0.2, -0.15) is 5.10 Å². The van der Waals surface area contributed by atoms with Gasteiger partial charge in [-0.25, -0.2) is 9.67 Å². The van der Waals surface area contributed by atoms with Crippen molar-refractivity contribution in [1.82, 2.24) is 14.8 Å². The summed E-state index contributed by atoms with van der Waals surface area (Å²) in [5.74, 6) is 0.813. The SMILES string of the molecule is CCCc1c(CO)cnn1-c1cc(C)ccn1. The van der Waals surface area contributed by atoms with E-state index in [-0.39, 0.29) is 6.61 Å². The number of pyridine rings is 1. The molecule has 2 aromatic rings. The molecule has 0 atom stereocenters. The van der Waals surface area contributed by atoms with Crippen molar-refractivity contribution < 1.29 is 5.11 Å². The van der Waals surface area contributed by atoms with E-state index in [2.05, 4.69) is 17.0 Å². The predicted octanol–water partition coefficient (Wildman–Crippen LogP) is 2.02. The van der Waals surface area contributed by atoms with Crippen LogP contribution in [0, 0.1) is 6.92 Å². The summed E-state index contributed by atoms with van der Waals surface area (Å²) >= 11 is 0. The fourth-order valence-corrected chi connectivity index (χ4v) is 1.88. The lowest BCUT2D eigenvalue weighted by molar-refractivity contribution is 0.280. The van der Waals surface area contributed by atoms with Crippen molar-refractivity contribution >= 4 is 0 Å². The van der Waals surface area contributed by atoms with Gasteiger partial charge in [0.15, 0.2) is 5.82 Å². The lowest BCUT2D eigenvalue weighted by Crippen LogP contribution is -2.05. The van der Waals surface area contributed by atoms with Gasteiger partial charge in [-0.1, -0.05) is 13.3 Å². The minimum atomic E-state index is 0.0289. The minimum Gasteiger partial charge on any atom is -0.392 e. The smallest absolute Gasteiger partial charge is 0.153 e. The highest BCUT2D eigenvalue weighted by atomic mass is 16.3. The van der Waals surface area contributed by atoms with Crippen LogP contribution in [0.2, 0.25) is 0 Å². The first-order valence-electron chi connectivity index (χ1n) is 5.86. The lowest BCUT2D eigenvalue weighted by atomic mass is 10.1. The van der Waals surface area contributed by atoms with Crippen molar-refractivity contribution in [3.63, 3.8) is 0 Å². The van der Waals surface area contributed by atoms with Gasteiger partial charge in [0, 0.05) is 11.8 Å². The molecule has 0 aliphatic carbocycles. The van der Waals surface area contributed by atoms with Gasteiger partial charge in [-0.3, -0.25) is 0 Å². The monoisotopic (exact) mass is 231 g/mol. The molecule has 2 heterocycles. The molecule has 0 aliphatic heterocycles. The Kier molecular flexibility index (Phi) is 3.54. The molecule has 0 saturated heterocycles. The predicted molar refractivity (Wildman–Crippen MR) is 66.0 cm³/mol. The number of hydrogen-bond donors (Lipinski definition) is 1. The molecule has 0 spiro atoms. The first kappa shape index (κ1) is 11.8. The topological polar surface area (TPSA) is 50.9 Å². The van der Waals surface area contributed by atoms with Crippen molar-refractivity contribution in [3.05, 3.63) is 41.3 Å². The summed E-state index contributed by atoms with van der Waals surface area (Å²) < 4.78 is 1.82. The minimum absolute atomic E-state index is 0.0289. The molecule has 0 aromatic carbocycles. The Labute approximate surface area is 101 Å². The summed E-state index contributed by atoms with van der Waals surface area (Å²) in [5, 5.41) is 13.6. The van der Waals surface area contributed by atoms with Gasteiger partial charge in [0.1, 0.15) is 0 Å². The van der Waals surface area contributed by atoms with Gasteiger partial charge in [0.05, 0.1) is 18.5 Å². The van der Waals surface area contributed by atoms with Gasteiger partial charge < -0.3 is 5.11 Å². The van der Waals surface area contributed by atoms with Crippen LogP contribution in [0.1, 0.15) is 30.2 Å². The number of aliphatic hydroxyl groups excluding tert-OH is 1. The Balaban J connectivity index is 2.47. The fraction of sp³-hybridized carbons (Fsp3) is 0.385. The van der Waals surface area contributed by atoms with E-state index < -0.39 is 0 Å². The Morgan fingerprint density at radius 1 is 1.41 bits per heavy atom. The second-order valence-electron chi connectivity index (χ2n) is 4.13. The number of nitrogens with zero attached hydrogens (tertiary/aromatic N) is 3. The second kappa shape index (κ2) is 5.10.